The van der Waals surface area contributed by atoms with Gasteiger partial charge in [0.25, 0.3) is 0 Å². The average molecular weight is 497 g/mol. The Morgan fingerprint density at radius 2 is 2.03 bits per heavy atom. The van der Waals surface area contributed by atoms with Crippen LogP contribution in [0.5, 0.6) is 0 Å². The van der Waals surface area contributed by atoms with E-state index in [1.807, 2.05) is 30.9 Å². The number of nitrogens with zero attached hydrogens (tertiary/aromatic N) is 2. The number of benzene rings is 1. The van der Waals surface area contributed by atoms with Crippen LogP contribution in [0.3, 0.4) is 0 Å². The number of alkyl halides is 3. The number of anilines is 2. The monoisotopic (exact) mass is 496 g/mol. The van der Waals surface area contributed by atoms with Crippen LogP contribution in [0.4, 0.5) is 24.7 Å². The van der Waals surface area contributed by atoms with Gasteiger partial charge in [-0.15, -0.1) is 0 Å². The first-order valence-corrected chi connectivity index (χ1v) is 10.6. The summed E-state index contributed by atoms with van der Waals surface area (Å²) < 4.78 is 43.9. The molecule has 0 spiro atoms. The van der Waals surface area contributed by atoms with E-state index in [4.69, 9.17) is 10.1 Å². The van der Waals surface area contributed by atoms with Crippen molar-refractivity contribution in [1.82, 2.24) is 9.88 Å². The van der Waals surface area contributed by atoms with Crippen molar-refractivity contribution in [3.8, 4) is 0 Å². The number of hydrogen-bond acceptors (Lipinski definition) is 4. The van der Waals surface area contributed by atoms with Crippen molar-refractivity contribution >= 4 is 39.3 Å². The second-order valence-corrected chi connectivity index (χ2v) is 8.09. The maximum atomic E-state index is 12.7. The highest BCUT2D eigenvalue weighted by Gasteiger charge is 2.28. The first kappa shape index (κ1) is 23.3. The lowest BCUT2D eigenvalue weighted by Gasteiger charge is -2.30. The van der Waals surface area contributed by atoms with E-state index in [1.165, 1.54) is 12.1 Å². The summed E-state index contributed by atoms with van der Waals surface area (Å²) in [4.78, 5) is 6.50. The fourth-order valence-electron chi connectivity index (χ4n) is 3.41. The minimum atomic E-state index is -4.26. The van der Waals surface area contributed by atoms with E-state index in [0.29, 0.717) is 48.1 Å². The molecule has 1 aliphatic rings. The number of aromatic nitrogens is 1. The van der Waals surface area contributed by atoms with Gasteiger partial charge in [0.2, 0.25) is 0 Å². The summed E-state index contributed by atoms with van der Waals surface area (Å²) >= 11 is 3.36. The molecule has 3 rings (SSSR count). The number of hydrogen-bond donors (Lipinski definition) is 2. The van der Waals surface area contributed by atoms with Crippen LogP contribution >= 0.6 is 15.9 Å². The topological polar surface area (TPSA) is 61.2 Å². The van der Waals surface area contributed by atoms with E-state index in [9.17, 15) is 13.2 Å². The van der Waals surface area contributed by atoms with Crippen molar-refractivity contribution in [3.63, 3.8) is 0 Å². The smallest absolute Gasteiger partial charge is 0.378 e. The van der Waals surface area contributed by atoms with E-state index in [0.717, 1.165) is 16.7 Å². The van der Waals surface area contributed by atoms with Crippen LogP contribution in [-0.2, 0) is 11.2 Å². The first-order valence-electron chi connectivity index (χ1n) is 9.85. The lowest BCUT2D eigenvalue weighted by molar-refractivity contribution is -0.127. The zero-order valence-electron chi connectivity index (χ0n) is 17.3. The van der Waals surface area contributed by atoms with E-state index in [2.05, 4.69) is 26.2 Å². The maximum Gasteiger partial charge on any atom is 0.393 e. The van der Waals surface area contributed by atoms with Gasteiger partial charge in [-0.3, -0.25) is 5.41 Å². The zero-order valence-corrected chi connectivity index (χ0v) is 18.9. The molecule has 166 valence electrons. The molecule has 0 radical (unpaired) electrons. The van der Waals surface area contributed by atoms with Gasteiger partial charge >= 0.3 is 6.18 Å². The van der Waals surface area contributed by atoms with Gasteiger partial charge in [0.15, 0.2) is 0 Å². The van der Waals surface area contributed by atoms with E-state index in [1.54, 1.807) is 12.3 Å². The number of nitrogens with one attached hydrogen (secondary N) is 2. The third-order valence-electron chi connectivity index (χ3n) is 4.99. The quantitative estimate of drug-likeness (QED) is 0.412. The average Bonchev–Trinajstić information content (AvgIpc) is 2.71. The summed E-state index contributed by atoms with van der Waals surface area (Å²) in [6, 6.07) is 4.51. The van der Waals surface area contributed by atoms with Gasteiger partial charge in [-0.25, -0.2) is 4.98 Å². The molecule has 5 nitrogen and oxygen atoms in total. The molecule has 1 saturated heterocycles. The number of amidine groups is 1. The Balaban J connectivity index is 1.89. The molecular formula is C22H24BrF3N4O. The molecule has 2 aromatic rings. The first-order chi connectivity index (χ1) is 14.7. The molecule has 0 unspecified atom stereocenters. The molecule has 1 aromatic heterocycles. The molecule has 0 saturated carbocycles. The molecule has 31 heavy (non-hydrogen) atoms. The summed E-state index contributed by atoms with van der Waals surface area (Å²) in [5.74, 6) is 0.974. The van der Waals surface area contributed by atoms with Crippen molar-refractivity contribution in [2.45, 2.75) is 26.4 Å². The Labute approximate surface area is 187 Å². The molecule has 1 fully saturated rings. The van der Waals surface area contributed by atoms with Crippen molar-refractivity contribution in [3.05, 3.63) is 57.2 Å². The summed E-state index contributed by atoms with van der Waals surface area (Å²) in [6.07, 6.45) is 0.220. The van der Waals surface area contributed by atoms with Gasteiger partial charge in [-0.2, -0.15) is 13.2 Å². The Morgan fingerprint density at radius 3 is 2.65 bits per heavy atom. The standard InChI is InChI=1S/C22H24BrF3N4O/c1-3-4-16-14(2)17(20(27)30-7-9-31-10-8-30)13-28-21(16)29-19-6-5-15(11-18(19)23)12-22(24,25)26/h3-6,11,13,27H,7-10,12H2,1-2H3,(H,28,29)/b4-3-,27-20?. The Morgan fingerprint density at radius 1 is 1.32 bits per heavy atom. The SMILES string of the molecule is C/C=C\c1c(Nc2ccc(CC(F)(F)F)cc2Br)ncc(C(=N)N2CCOCC2)c1C. The molecule has 1 aromatic carbocycles. The molecule has 0 bridgehead atoms. The fraction of sp³-hybridized carbons (Fsp3) is 0.364. The van der Waals surface area contributed by atoms with Crippen LogP contribution in [0.2, 0.25) is 0 Å². The predicted octanol–water partition coefficient (Wildman–Crippen LogP) is 5.69. The molecule has 2 N–H and O–H groups in total. The van der Waals surface area contributed by atoms with Gasteiger partial charge in [0.1, 0.15) is 11.7 Å². The second kappa shape index (κ2) is 9.82. The van der Waals surface area contributed by atoms with Crippen molar-refractivity contribution < 1.29 is 17.9 Å². The highest BCUT2D eigenvalue weighted by Crippen LogP contribution is 2.32. The lowest BCUT2D eigenvalue weighted by atomic mass is 10.0. The van der Waals surface area contributed by atoms with Crippen LogP contribution in [0.25, 0.3) is 6.08 Å². The van der Waals surface area contributed by atoms with Gasteiger partial charge in [0, 0.05) is 34.9 Å². The fourth-order valence-corrected chi connectivity index (χ4v) is 3.94. The number of allylic oxidation sites excluding steroid dienone is 1. The zero-order chi connectivity index (χ0) is 22.6. The third-order valence-corrected chi connectivity index (χ3v) is 5.65. The largest absolute Gasteiger partial charge is 0.393 e. The molecular weight excluding hydrogens is 473 g/mol. The number of pyridine rings is 1. The third kappa shape index (κ3) is 5.86. The van der Waals surface area contributed by atoms with Crippen LogP contribution in [-0.4, -0.2) is 48.2 Å². The molecule has 0 aliphatic carbocycles. The lowest BCUT2D eigenvalue weighted by Crippen LogP contribution is -2.41. The van der Waals surface area contributed by atoms with Gasteiger partial charge in [0.05, 0.1) is 25.3 Å². The molecule has 0 atom stereocenters. The summed E-state index contributed by atoms with van der Waals surface area (Å²) in [5, 5.41) is 11.8. The molecule has 1 aliphatic heterocycles. The van der Waals surface area contributed by atoms with Gasteiger partial charge in [-0.1, -0.05) is 18.2 Å². The van der Waals surface area contributed by atoms with Crippen LogP contribution in [0, 0.1) is 12.3 Å². The highest BCUT2D eigenvalue weighted by molar-refractivity contribution is 9.10. The Hall–Kier alpha value is -2.39. The van der Waals surface area contributed by atoms with Crippen LogP contribution in [0.15, 0.2) is 34.9 Å². The predicted molar refractivity (Wildman–Crippen MR) is 120 cm³/mol. The normalized spacial score (nSPS) is 14.8. The Bertz CT molecular complexity index is 985. The molecule has 2 heterocycles. The van der Waals surface area contributed by atoms with Crippen molar-refractivity contribution in [2.24, 2.45) is 0 Å². The van der Waals surface area contributed by atoms with Gasteiger partial charge in [-0.05, 0) is 53.0 Å². The number of rotatable bonds is 5. The van der Waals surface area contributed by atoms with Crippen LogP contribution < -0.4 is 5.32 Å². The number of morpholine rings is 1. The summed E-state index contributed by atoms with van der Waals surface area (Å²) in [7, 11) is 0. The van der Waals surface area contributed by atoms with Crippen molar-refractivity contribution in [1.29, 1.82) is 5.41 Å². The van der Waals surface area contributed by atoms with E-state index >= 15 is 0 Å². The number of ether oxygens (including phenoxy) is 1. The van der Waals surface area contributed by atoms with Crippen molar-refractivity contribution in [2.75, 3.05) is 31.6 Å². The minimum Gasteiger partial charge on any atom is -0.378 e. The molecule has 0 amide bonds. The summed E-state index contributed by atoms with van der Waals surface area (Å²) in [6.45, 7) is 6.34. The van der Waals surface area contributed by atoms with Gasteiger partial charge < -0.3 is 15.0 Å². The molecule has 9 heteroatoms. The summed E-state index contributed by atoms with van der Waals surface area (Å²) in [5.41, 5.74) is 3.25. The van der Waals surface area contributed by atoms with E-state index in [-0.39, 0.29) is 5.56 Å². The Kier molecular flexibility index (Phi) is 7.38. The van der Waals surface area contributed by atoms with E-state index < -0.39 is 12.6 Å². The second-order valence-electron chi connectivity index (χ2n) is 7.24. The van der Waals surface area contributed by atoms with Crippen LogP contribution in [0.1, 0.15) is 29.2 Å². The number of halogens is 4. The highest BCUT2D eigenvalue weighted by atomic mass is 79.9. The minimum absolute atomic E-state index is 0.178. The maximum absolute atomic E-state index is 12.7.